The van der Waals surface area contributed by atoms with Crippen molar-refractivity contribution in [3.63, 3.8) is 0 Å². The number of carbonyl (C=O) groups is 2. The maximum absolute atomic E-state index is 13.7. The van der Waals surface area contributed by atoms with Gasteiger partial charge in [0.25, 0.3) is 0 Å². The number of benzene rings is 1. The average molecular weight is 482 g/mol. The van der Waals surface area contributed by atoms with Crippen LogP contribution in [0.2, 0.25) is 0 Å². The zero-order valence-electron chi connectivity index (χ0n) is 18.9. The molecule has 4 aromatic rings. The van der Waals surface area contributed by atoms with Crippen LogP contribution >= 0.6 is 22.7 Å². The third-order valence-electron chi connectivity index (χ3n) is 5.65. The van der Waals surface area contributed by atoms with Crippen LogP contribution in [0.3, 0.4) is 0 Å². The summed E-state index contributed by atoms with van der Waals surface area (Å²) in [6.45, 7) is 6.35. The van der Waals surface area contributed by atoms with Crippen LogP contribution in [0.1, 0.15) is 43.0 Å². The third kappa shape index (κ3) is 5.31. The number of nitrogens with zero attached hydrogens (tertiary/aromatic N) is 4. The van der Waals surface area contributed by atoms with Crippen LogP contribution in [0, 0.1) is 0 Å². The second kappa shape index (κ2) is 9.84. The molecule has 1 aromatic carbocycles. The van der Waals surface area contributed by atoms with E-state index in [0.29, 0.717) is 6.54 Å². The first-order valence-electron chi connectivity index (χ1n) is 10.8. The number of nitrogens with one attached hydrogen (secondary N) is 1. The first-order chi connectivity index (χ1) is 15.9. The number of rotatable bonds is 9. The molecule has 0 bridgehead atoms. The summed E-state index contributed by atoms with van der Waals surface area (Å²) in [5.41, 5.74) is 1.13. The van der Waals surface area contributed by atoms with E-state index in [-0.39, 0.29) is 23.9 Å². The zero-order chi connectivity index (χ0) is 23.4. The number of thiophene rings is 2. The number of fused-ring (bicyclic) bond motifs is 1. The van der Waals surface area contributed by atoms with Gasteiger partial charge in [0.15, 0.2) is 0 Å². The van der Waals surface area contributed by atoms with Crippen molar-refractivity contribution in [2.45, 2.75) is 51.9 Å². The molecule has 0 spiro atoms. The highest BCUT2D eigenvalue weighted by Gasteiger charge is 2.35. The van der Waals surface area contributed by atoms with E-state index in [0.717, 1.165) is 27.2 Å². The fourth-order valence-corrected chi connectivity index (χ4v) is 5.05. The van der Waals surface area contributed by atoms with Gasteiger partial charge in [0.1, 0.15) is 18.1 Å². The van der Waals surface area contributed by atoms with Crippen LogP contribution in [0.25, 0.3) is 11.0 Å². The molecule has 0 saturated heterocycles. The number of carbonyl (C=O) groups excluding carboxylic acids is 2. The van der Waals surface area contributed by atoms with Gasteiger partial charge < -0.3 is 10.2 Å². The molecule has 2 amide bonds. The molecule has 0 aliphatic heterocycles. The molecule has 0 fully saturated rings. The lowest BCUT2D eigenvalue weighted by molar-refractivity contribution is -0.142. The fraction of sp³-hybridized carbons (Fsp3) is 0.333. The molecule has 9 heteroatoms. The van der Waals surface area contributed by atoms with Gasteiger partial charge in [-0.15, -0.1) is 27.8 Å². The van der Waals surface area contributed by atoms with Gasteiger partial charge in [0.2, 0.25) is 11.8 Å². The monoisotopic (exact) mass is 481 g/mol. The molecule has 33 heavy (non-hydrogen) atoms. The third-order valence-corrected chi connectivity index (χ3v) is 7.44. The van der Waals surface area contributed by atoms with Crippen LogP contribution in [0.5, 0.6) is 0 Å². The standard InChI is InChI=1S/C24H27N5O2S2/c1-4-24(2,3)25-23(31)22(20-12-8-14-33-20)28(15-17-9-7-13-32-17)21(30)16-29-19-11-6-5-10-18(19)26-27-29/h5-14,22H,4,15-16H2,1-3H3,(H,25,31)/t22-/m1/s1. The maximum atomic E-state index is 13.7. The van der Waals surface area contributed by atoms with Crippen LogP contribution in [-0.4, -0.2) is 37.2 Å². The van der Waals surface area contributed by atoms with Gasteiger partial charge in [-0.25, -0.2) is 4.68 Å². The molecule has 0 unspecified atom stereocenters. The van der Waals surface area contributed by atoms with Crippen LogP contribution in [0.4, 0.5) is 0 Å². The topological polar surface area (TPSA) is 80.1 Å². The van der Waals surface area contributed by atoms with E-state index in [1.807, 2.05) is 80.1 Å². The summed E-state index contributed by atoms with van der Waals surface area (Å²) in [6.07, 6.45) is 0.777. The molecule has 0 aliphatic carbocycles. The van der Waals surface area contributed by atoms with Crippen molar-refractivity contribution in [3.8, 4) is 0 Å². The Kier molecular flexibility index (Phi) is 6.90. The Labute approximate surface area is 201 Å². The highest BCUT2D eigenvalue weighted by atomic mass is 32.1. The molecule has 1 N–H and O–H groups in total. The van der Waals surface area contributed by atoms with Crippen molar-refractivity contribution < 1.29 is 9.59 Å². The lowest BCUT2D eigenvalue weighted by Crippen LogP contribution is -2.50. The van der Waals surface area contributed by atoms with E-state index in [9.17, 15) is 9.59 Å². The van der Waals surface area contributed by atoms with Crippen molar-refractivity contribution >= 4 is 45.5 Å². The van der Waals surface area contributed by atoms with E-state index in [4.69, 9.17) is 0 Å². The minimum absolute atomic E-state index is 0.00177. The van der Waals surface area contributed by atoms with Gasteiger partial charge in [-0.3, -0.25) is 9.59 Å². The van der Waals surface area contributed by atoms with Crippen molar-refractivity contribution in [2.75, 3.05) is 0 Å². The van der Waals surface area contributed by atoms with Gasteiger partial charge in [0.05, 0.1) is 12.1 Å². The summed E-state index contributed by atoms with van der Waals surface area (Å²) < 4.78 is 1.60. The van der Waals surface area contributed by atoms with E-state index in [2.05, 4.69) is 15.6 Å². The lowest BCUT2D eigenvalue weighted by Gasteiger charge is -2.33. The van der Waals surface area contributed by atoms with E-state index in [1.165, 1.54) is 11.3 Å². The van der Waals surface area contributed by atoms with Gasteiger partial charge in [-0.05, 0) is 55.3 Å². The number of hydrogen-bond acceptors (Lipinski definition) is 6. The Balaban J connectivity index is 1.70. The smallest absolute Gasteiger partial charge is 0.248 e. The molecular weight excluding hydrogens is 454 g/mol. The maximum Gasteiger partial charge on any atom is 0.248 e. The Morgan fingerprint density at radius 2 is 1.85 bits per heavy atom. The van der Waals surface area contributed by atoms with Crippen molar-refractivity contribution in [2.24, 2.45) is 0 Å². The summed E-state index contributed by atoms with van der Waals surface area (Å²) in [5.74, 6) is -0.375. The SMILES string of the molecule is CCC(C)(C)NC(=O)[C@@H](c1cccs1)N(Cc1cccs1)C(=O)Cn1nnc2ccccc21. The normalized spacial score (nSPS) is 12.6. The second-order valence-corrected chi connectivity index (χ2v) is 10.5. The molecule has 0 radical (unpaired) electrons. The highest BCUT2D eigenvalue weighted by Crippen LogP contribution is 2.29. The Morgan fingerprint density at radius 1 is 1.09 bits per heavy atom. The molecule has 1 atom stereocenters. The Morgan fingerprint density at radius 3 is 2.55 bits per heavy atom. The lowest BCUT2D eigenvalue weighted by atomic mass is 10.0. The summed E-state index contributed by atoms with van der Waals surface area (Å²) in [7, 11) is 0. The molecule has 3 heterocycles. The first kappa shape index (κ1) is 23.1. The summed E-state index contributed by atoms with van der Waals surface area (Å²) in [4.78, 5) is 30.8. The average Bonchev–Trinajstić information content (AvgIpc) is 3.56. The molecule has 3 aromatic heterocycles. The number of aromatic nitrogens is 3. The van der Waals surface area contributed by atoms with Gasteiger partial charge >= 0.3 is 0 Å². The molecule has 0 saturated carbocycles. The molecular formula is C24H27N5O2S2. The first-order valence-corrected chi connectivity index (χ1v) is 12.6. The second-order valence-electron chi connectivity index (χ2n) is 8.48. The molecule has 0 aliphatic rings. The number of amides is 2. The summed E-state index contributed by atoms with van der Waals surface area (Å²) in [5, 5.41) is 15.4. The predicted molar refractivity (Wildman–Crippen MR) is 132 cm³/mol. The van der Waals surface area contributed by atoms with Gasteiger partial charge in [-0.1, -0.05) is 36.4 Å². The van der Waals surface area contributed by atoms with Crippen molar-refractivity contribution in [3.05, 3.63) is 69.0 Å². The van der Waals surface area contributed by atoms with Crippen LogP contribution in [0.15, 0.2) is 59.3 Å². The summed E-state index contributed by atoms with van der Waals surface area (Å²) in [6, 6.07) is 14.5. The predicted octanol–water partition coefficient (Wildman–Crippen LogP) is 4.63. The van der Waals surface area contributed by atoms with E-state index >= 15 is 0 Å². The number of hydrogen-bond donors (Lipinski definition) is 1. The van der Waals surface area contributed by atoms with Gasteiger partial charge in [-0.2, -0.15) is 0 Å². The largest absolute Gasteiger partial charge is 0.349 e. The van der Waals surface area contributed by atoms with Crippen LogP contribution in [-0.2, 0) is 22.7 Å². The fourth-order valence-electron chi connectivity index (χ4n) is 3.51. The van der Waals surface area contributed by atoms with E-state index < -0.39 is 6.04 Å². The highest BCUT2D eigenvalue weighted by molar-refractivity contribution is 7.10. The molecule has 4 rings (SSSR count). The number of para-hydroxylation sites is 1. The Hall–Kier alpha value is -3.04. The summed E-state index contributed by atoms with van der Waals surface area (Å²) >= 11 is 3.04. The Bertz CT molecular complexity index is 1210. The zero-order valence-corrected chi connectivity index (χ0v) is 20.5. The minimum Gasteiger partial charge on any atom is -0.349 e. The van der Waals surface area contributed by atoms with Crippen LogP contribution < -0.4 is 5.32 Å². The molecule has 7 nitrogen and oxygen atoms in total. The van der Waals surface area contributed by atoms with E-state index in [1.54, 1.807) is 20.9 Å². The minimum atomic E-state index is -0.736. The van der Waals surface area contributed by atoms with Crippen molar-refractivity contribution in [1.82, 2.24) is 25.2 Å². The molecule has 172 valence electrons. The quantitative estimate of drug-likeness (QED) is 0.378. The van der Waals surface area contributed by atoms with Crippen molar-refractivity contribution in [1.29, 1.82) is 0 Å². The van der Waals surface area contributed by atoms with Gasteiger partial charge in [0, 0.05) is 15.3 Å².